The van der Waals surface area contributed by atoms with Crippen molar-refractivity contribution < 1.29 is 0 Å². The SMILES string of the molecule is CC(C)C1=Nc2ccccc2CN(c2ccc(Cl)cc2)N1.Cl. The minimum absolute atomic E-state index is 0. The number of halogens is 2. The number of para-hydroxylation sites is 1. The molecule has 2 aromatic carbocycles. The second-order valence-corrected chi connectivity index (χ2v) is 5.89. The molecule has 0 saturated carbocycles. The van der Waals surface area contributed by atoms with Crippen LogP contribution in [0.25, 0.3) is 0 Å². The maximum absolute atomic E-state index is 5.98. The van der Waals surface area contributed by atoms with E-state index in [1.807, 2.05) is 30.3 Å². The summed E-state index contributed by atoms with van der Waals surface area (Å²) in [5.74, 6) is 1.29. The fourth-order valence-electron chi connectivity index (χ4n) is 2.29. The fourth-order valence-corrected chi connectivity index (χ4v) is 2.42. The standard InChI is InChI=1S/C17H18ClN3.ClH/c1-12(2)17-19-16-6-4-3-5-13(16)11-21(20-17)15-9-7-14(18)8-10-15;/h3-10,12H,11H2,1-2H3,(H,19,20);1H. The second-order valence-electron chi connectivity index (χ2n) is 5.45. The van der Waals surface area contributed by atoms with Crippen LogP contribution < -0.4 is 10.4 Å². The number of nitrogens with zero attached hydrogens (tertiary/aromatic N) is 2. The third-order valence-electron chi connectivity index (χ3n) is 3.50. The smallest absolute Gasteiger partial charge is 0.123 e. The number of rotatable bonds is 2. The summed E-state index contributed by atoms with van der Waals surface area (Å²) in [5, 5.41) is 2.85. The highest BCUT2D eigenvalue weighted by Crippen LogP contribution is 2.27. The molecule has 3 nitrogen and oxygen atoms in total. The first-order valence-electron chi connectivity index (χ1n) is 7.10. The van der Waals surface area contributed by atoms with E-state index in [1.54, 1.807) is 0 Å². The molecule has 1 aliphatic heterocycles. The highest BCUT2D eigenvalue weighted by atomic mass is 35.5. The Kier molecular flexibility index (Phi) is 5.33. The van der Waals surface area contributed by atoms with Gasteiger partial charge in [-0.05, 0) is 35.9 Å². The molecule has 0 aliphatic carbocycles. The van der Waals surface area contributed by atoms with Gasteiger partial charge in [-0.2, -0.15) is 0 Å². The first-order chi connectivity index (χ1) is 10.1. The normalized spacial score (nSPS) is 13.6. The zero-order chi connectivity index (χ0) is 14.8. The van der Waals surface area contributed by atoms with Crippen LogP contribution in [0.3, 0.4) is 0 Å². The van der Waals surface area contributed by atoms with Crippen LogP contribution in [0.4, 0.5) is 11.4 Å². The van der Waals surface area contributed by atoms with Crippen molar-refractivity contribution in [2.75, 3.05) is 5.01 Å². The summed E-state index contributed by atoms with van der Waals surface area (Å²) in [6.07, 6.45) is 0. The van der Waals surface area contributed by atoms with Crippen LogP contribution in [0.2, 0.25) is 5.02 Å². The number of benzene rings is 2. The van der Waals surface area contributed by atoms with Gasteiger partial charge in [-0.25, -0.2) is 4.99 Å². The number of hydrazine groups is 1. The lowest BCUT2D eigenvalue weighted by molar-refractivity contribution is 0.727. The van der Waals surface area contributed by atoms with Gasteiger partial charge in [0.2, 0.25) is 0 Å². The van der Waals surface area contributed by atoms with Gasteiger partial charge in [0.05, 0.1) is 17.9 Å². The average molecular weight is 336 g/mol. The van der Waals surface area contributed by atoms with Gasteiger partial charge in [0.25, 0.3) is 0 Å². The third kappa shape index (κ3) is 3.54. The Balaban J connectivity index is 0.00000176. The van der Waals surface area contributed by atoms with Crippen molar-refractivity contribution in [3.63, 3.8) is 0 Å². The van der Waals surface area contributed by atoms with E-state index in [1.165, 1.54) is 5.56 Å². The van der Waals surface area contributed by atoms with Gasteiger partial charge >= 0.3 is 0 Å². The molecule has 116 valence electrons. The summed E-state index contributed by atoms with van der Waals surface area (Å²) in [4.78, 5) is 4.77. The van der Waals surface area contributed by atoms with Gasteiger partial charge in [0.15, 0.2) is 0 Å². The van der Waals surface area contributed by atoms with Crippen LogP contribution in [0, 0.1) is 5.92 Å². The molecule has 0 amide bonds. The van der Waals surface area contributed by atoms with Gasteiger partial charge in [-0.1, -0.05) is 43.6 Å². The number of anilines is 1. The predicted octanol–water partition coefficient (Wildman–Crippen LogP) is 4.97. The summed E-state index contributed by atoms with van der Waals surface area (Å²) >= 11 is 5.98. The lowest BCUT2D eigenvalue weighted by Crippen LogP contribution is -2.42. The zero-order valence-electron chi connectivity index (χ0n) is 12.6. The van der Waals surface area contributed by atoms with Crippen molar-refractivity contribution in [1.82, 2.24) is 5.43 Å². The lowest BCUT2D eigenvalue weighted by Gasteiger charge is -2.26. The van der Waals surface area contributed by atoms with Crippen LogP contribution in [0.1, 0.15) is 19.4 Å². The van der Waals surface area contributed by atoms with Crippen LogP contribution in [0.15, 0.2) is 53.5 Å². The molecule has 0 bridgehead atoms. The Bertz CT molecular complexity index is 666. The van der Waals surface area contributed by atoms with E-state index in [4.69, 9.17) is 16.6 Å². The first-order valence-corrected chi connectivity index (χ1v) is 7.47. The summed E-state index contributed by atoms with van der Waals surface area (Å²) in [6.45, 7) is 5.04. The molecule has 22 heavy (non-hydrogen) atoms. The predicted molar refractivity (Wildman–Crippen MR) is 96.4 cm³/mol. The zero-order valence-corrected chi connectivity index (χ0v) is 14.2. The van der Waals surface area contributed by atoms with Crippen LogP contribution in [-0.4, -0.2) is 5.84 Å². The van der Waals surface area contributed by atoms with E-state index in [-0.39, 0.29) is 12.4 Å². The molecule has 2 aromatic rings. The number of hydrogen-bond acceptors (Lipinski definition) is 3. The molecule has 3 rings (SSSR count). The van der Waals surface area contributed by atoms with E-state index in [2.05, 4.69) is 42.5 Å². The van der Waals surface area contributed by atoms with E-state index >= 15 is 0 Å². The molecule has 1 N–H and O–H groups in total. The summed E-state index contributed by atoms with van der Waals surface area (Å²) in [5.41, 5.74) is 6.75. The fraction of sp³-hybridized carbons (Fsp3) is 0.235. The average Bonchev–Trinajstić information content (AvgIpc) is 2.67. The monoisotopic (exact) mass is 335 g/mol. The number of aliphatic imine (C=N–C) groups is 1. The molecular weight excluding hydrogens is 317 g/mol. The topological polar surface area (TPSA) is 27.6 Å². The Morgan fingerprint density at radius 1 is 1.09 bits per heavy atom. The van der Waals surface area contributed by atoms with Gasteiger partial charge < -0.3 is 0 Å². The molecular formula is C17H19Cl2N3. The third-order valence-corrected chi connectivity index (χ3v) is 3.75. The molecule has 0 fully saturated rings. The minimum atomic E-state index is 0. The number of hydrogen-bond donors (Lipinski definition) is 1. The number of fused-ring (bicyclic) bond motifs is 1. The summed E-state index contributed by atoms with van der Waals surface area (Å²) in [6, 6.07) is 16.1. The van der Waals surface area contributed by atoms with Crippen molar-refractivity contribution >= 4 is 41.2 Å². The summed E-state index contributed by atoms with van der Waals surface area (Å²) < 4.78 is 0. The van der Waals surface area contributed by atoms with E-state index < -0.39 is 0 Å². The Labute approximate surface area is 142 Å². The van der Waals surface area contributed by atoms with Crippen molar-refractivity contribution in [1.29, 1.82) is 0 Å². The van der Waals surface area contributed by atoms with Crippen molar-refractivity contribution in [3.05, 3.63) is 59.1 Å². The van der Waals surface area contributed by atoms with E-state index in [9.17, 15) is 0 Å². The van der Waals surface area contributed by atoms with Gasteiger partial charge in [-0.3, -0.25) is 10.4 Å². The molecule has 0 spiro atoms. The molecule has 0 unspecified atom stereocenters. The molecule has 0 aromatic heterocycles. The molecule has 1 heterocycles. The molecule has 1 aliphatic rings. The summed E-state index contributed by atoms with van der Waals surface area (Å²) in [7, 11) is 0. The Morgan fingerprint density at radius 3 is 2.45 bits per heavy atom. The maximum Gasteiger partial charge on any atom is 0.123 e. The van der Waals surface area contributed by atoms with Crippen LogP contribution >= 0.6 is 24.0 Å². The molecule has 0 saturated heterocycles. The first kappa shape index (κ1) is 16.7. The Hall–Kier alpha value is -1.71. The molecule has 0 radical (unpaired) electrons. The van der Waals surface area contributed by atoms with Gasteiger partial charge in [0, 0.05) is 10.9 Å². The molecule has 5 heteroatoms. The maximum atomic E-state index is 5.98. The van der Waals surface area contributed by atoms with Gasteiger partial charge in [0.1, 0.15) is 5.84 Å². The molecule has 0 atom stereocenters. The largest absolute Gasteiger partial charge is 0.285 e. The van der Waals surface area contributed by atoms with Crippen LogP contribution in [0.5, 0.6) is 0 Å². The van der Waals surface area contributed by atoms with Crippen molar-refractivity contribution in [3.8, 4) is 0 Å². The van der Waals surface area contributed by atoms with Crippen molar-refractivity contribution in [2.45, 2.75) is 20.4 Å². The minimum Gasteiger partial charge on any atom is -0.285 e. The quantitative estimate of drug-likeness (QED) is 0.838. The number of nitrogens with one attached hydrogen (secondary N) is 1. The highest BCUT2D eigenvalue weighted by molar-refractivity contribution is 6.30. The number of amidine groups is 1. The second kappa shape index (κ2) is 7.03. The van der Waals surface area contributed by atoms with E-state index in [0.29, 0.717) is 5.92 Å². The van der Waals surface area contributed by atoms with Crippen molar-refractivity contribution in [2.24, 2.45) is 10.9 Å². The lowest BCUT2D eigenvalue weighted by atomic mass is 10.1. The van der Waals surface area contributed by atoms with E-state index in [0.717, 1.165) is 28.8 Å². The van der Waals surface area contributed by atoms with Gasteiger partial charge in [-0.15, -0.1) is 12.4 Å². The Morgan fingerprint density at radius 2 is 1.77 bits per heavy atom. The van der Waals surface area contributed by atoms with Crippen LogP contribution in [-0.2, 0) is 6.54 Å². The highest BCUT2D eigenvalue weighted by Gasteiger charge is 2.18.